The number of benzene rings is 2. The van der Waals surface area contributed by atoms with Crippen LogP contribution in [-0.4, -0.2) is 38.4 Å². The van der Waals surface area contributed by atoms with E-state index in [1.165, 1.54) is 63.4 Å². The van der Waals surface area contributed by atoms with Crippen LogP contribution in [0.25, 0.3) is 11.3 Å². The van der Waals surface area contributed by atoms with E-state index in [4.69, 9.17) is 4.74 Å². The Labute approximate surface area is 194 Å². The van der Waals surface area contributed by atoms with Crippen LogP contribution in [0.4, 0.5) is 15.2 Å². The zero-order chi connectivity index (χ0) is 24.2. The maximum absolute atomic E-state index is 14.4. The minimum absolute atomic E-state index is 0.0160. The number of ether oxygens (including phenoxy) is 1. The van der Waals surface area contributed by atoms with Crippen LogP contribution in [0.15, 0.2) is 52.7 Å². The lowest BCUT2D eigenvalue weighted by Crippen LogP contribution is -2.41. The molecule has 0 saturated carbocycles. The molecule has 0 aliphatic heterocycles. The first-order valence-corrected chi connectivity index (χ1v) is 12.0. The molecule has 0 fully saturated rings. The number of carbonyl (C=O) groups is 2. The zero-order valence-electron chi connectivity index (χ0n) is 17.9. The van der Waals surface area contributed by atoms with Crippen molar-refractivity contribution in [2.24, 2.45) is 0 Å². The van der Waals surface area contributed by atoms with Crippen LogP contribution in [-0.2, 0) is 19.6 Å². The second kappa shape index (κ2) is 10.1. The Morgan fingerprint density at radius 1 is 1.12 bits per heavy atom. The Hall–Kier alpha value is -3.35. The van der Waals surface area contributed by atoms with E-state index in [0.29, 0.717) is 11.4 Å². The molecule has 0 spiro atoms. The predicted octanol–water partition coefficient (Wildman–Crippen LogP) is 3.22. The highest BCUT2D eigenvalue weighted by molar-refractivity contribution is 7.89. The second-order valence-corrected chi connectivity index (χ2v) is 9.49. The molecule has 9 nitrogen and oxygen atoms in total. The van der Waals surface area contributed by atoms with Gasteiger partial charge < -0.3 is 15.4 Å². The fourth-order valence-corrected chi connectivity index (χ4v) is 4.70. The summed E-state index contributed by atoms with van der Waals surface area (Å²) < 4.78 is 46.7. The first kappa shape index (κ1) is 24.3. The van der Waals surface area contributed by atoms with Crippen LogP contribution in [0.5, 0.6) is 5.75 Å². The number of carbonyl (C=O) groups excluding carboxylic acids is 2. The molecule has 0 unspecified atom stereocenters. The van der Waals surface area contributed by atoms with Crippen molar-refractivity contribution in [2.75, 3.05) is 17.7 Å². The third-order valence-corrected chi connectivity index (χ3v) is 6.71. The Morgan fingerprint density at radius 3 is 2.42 bits per heavy atom. The smallest absolute Gasteiger partial charge is 0.244 e. The summed E-state index contributed by atoms with van der Waals surface area (Å²) in [4.78, 5) is 27.8. The van der Waals surface area contributed by atoms with E-state index in [-0.39, 0.29) is 27.2 Å². The largest absolute Gasteiger partial charge is 0.497 e. The number of thiazole rings is 1. The fourth-order valence-electron chi connectivity index (χ4n) is 2.78. The SMILES string of the molecule is COc1ccc(S(=O)(=O)N[C@@H](C)C(=O)Nc2nc(-c3ccc(NC(C)=O)cc3F)cs2)cc1. The summed E-state index contributed by atoms with van der Waals surface area (Å²) in [5.41, 5.74) is 0.785. The van der Waals surface area contributed by atoms with Gasteiger partial charge in [-0.15, -0.1) is 11.3 Å². The molecule has 12 heteroatoms. The Morgan fingerprint density at radius 2 is 1.82 bits per heavy atom. The van der Waals surface area contributed by atoms with Gasteiger partial charge in [-0.25, -0.2) is 17.8 Å². The Bertz CT molecular complexity index is 1280. The lowest BCUT2D eigenvalue weighted by atomic mass is 10.1. The van der Waals surface area contributed by atoms with E-state index in [2.05, 4.69) is 20.3 Å². The molecule has 1 aromatic heterocycles. The molecule has 174 valence electrons. The van der Waals surface area contributed by atoms with Gasteiger partial charge in [0.05, 0.1) is 23.7 Å². The number of methoxy groups -OCH3 is 1. The lowest BCUT2D eigenvalue weighted by Gasteiger charge is -2.13. The lowest BCUT2D eigenvalue weighted by molar-refractivity contribution is -0.117. The molecule has 0 aliphatic carbocycles. The van der Waals surface area contributed by atoms with Crippen molar-refractivity contribution in [3.05, 3.63) is 53.7 Å². The van der Waals surface area contributed by atoms with Gasteiger partial charge in [0.2, 0.25) is 21.8 Å². The number of halogens is 1. The number of nitrogens with zero attached hydrogens (tertiary/aromatic N) is 1. The molecular formula is C21H21FN4O5S2. The summed E-state index contributed by atoms with van der Waals surface area (Å²) in [6.07, 6.45) is 0. The summed E-state index contributed by atoms with van der Waals surface area (Å²) in [5, 5.41) is 6.74. The standard InChI is InChI=1S/C21H21FN4O5S2/c1-12(26-33(29,30)16-7-5-15(31-3)6-8-16)20(28)25-21-24-19(11-32-21)17-9-4-14(10-18(17)22)23-13(2)27/h4-12,26H,1-3H3,(H,23,27)(H,24,25,28)/t12-/m0/s1. The van der Waals surface area contributed by atoms with Gasteiger partial charge in [-0.2, -0.15) is 4.72 Å². The van der Waals surface area contributed by atoms with Gasteiger partial charge in [0.15, 0.2) is 5.13 Å². The maximum atomic E-state index is 14.4. The first-order chi connectivity index (χ1) is 15.6. The zero-order valence-corrected chi connectivity index (χ0v) is 19.5. The highest BCUT2D eigenvalue weighted by atomic mass is 32.2. The number of rotatable bonds is 8. The maximum Gasteiger partial charge on any atom is 0.244 e. The van der Waals surface area contributed by atoms with Gasteiger partial charge in [0, 0.05) is 23.6 Å². The van der Waals surface area contributed by atoms with Crippen LogP contribution in [0.1, 0.15) is 13.8 Å². The normalized spacial score (nSPS) is 12.1. The molecule has 1 heterocycles. The van der Waals surface area contributed by atoms with E-state index in [9.17, 15) is 22.4 Å². The van der Waals surface area contributed by atoms with E-state index in [1.54, 1.807) is 5.38 Å². The van der Waals surface area contributed by atoms with Crippen molar-refractivity contribution in [3.8, 4) is 17.0 Å². The third kappa shape index (κ3) is 6.12. The number of nitrogens with one attached hydrogen (secondary N) is 3. The monoisotopic (exact) mass is 492 g/mol. The molecular weight excluding hydrogens is 471 g/mol. The highest BCUT2D eigenvalue weighted by Gasteiger charge is 2.23. The van der Waals surface area contributed by atoms with Gasteiger partial charge in [-0.1, -0.05) is 0 Å². The first-order valence-electron chi connectivity index (χ1n) is 9.59. The molecule has 0 bridgehead atoms. The van der Waals surface area contributed by atoms with Crippen LogP contribution in [0.2, 0.25) is 0 Å². The number of sulfonamides is 1. The minimum Gasteiger partial charge on any atom is -0.497 e. The summed E-state index contributed by atoms with van der Waals surface area (Å²) in [6, 6.07) is 8.80. The molecule has 0 saturated heterocycles. The van der Waals surface area contributed by atoms with Crippen molar-refractivity contribution >= 4 is 44.0 Å². The van der Waals surface area contributed by atoms with Gasteiger partial charge in [-0.3, -0.25) is 9.59 Å². The summed E-state index contributed by atoms with van der Waals surface area (Å²) >= 11 is 1.06. The summed E-state index contributed by atoms with van der Waals surface area (Å²) in [6.45, 7) is 2.71. The van der Waals surface area contributed by atoms with Gasteiger partial charge >= 0.3 is 0 Å². The molecule has 3 rings (SSSR count). The average Bonchev–Trinajstić information content (AvgIpc) is 3.21. The number of hydrogen-bond acceptors (Lipinski definition) is 7. The molecule has 2 aromatic carbocycles. The van der Waals surface area contributed by atoms with Crippen molar-refractivity contribution < 1.29 is 27.1 Å². The Balaban J connectivity index is 1.67. The number of hydrogen-bond donors (Lipinski definition) is 3. The van der Waals surface area contributed by atoms with E-state index >= 15 is 0 Å². The quantitative estimate of drug-likeness (QED) is 0.443. The van der Waals surface area contributed by atoms with Gasteiger partial charge in [-0.05, 0) is 49.4 Å². The minimum atomic E-state index is -3.94. The van der Waals surface area contributed by atoms with Crippen LogP contribution in [0.3, 0.4) is 0 Å². The van der Waals surface area contributed by atoms with Crippen LogP contribution in [0, 0.1) is 5.82 Å². The van der Waals surface area contributed by atoms with Crippen molar-refractivity contribution in [1.82, 2.24) is 9.71 Å². The van der Waals surface area contributed by atoms with Crippen LogP contribution >= 0.6 is 11.3 Å². The summed E-state index contributed by atoms with van der Waals surface area (Å²) in [7, 11) is -2.48. The second-order valence-electron chi connectivity index (χ2n) is 6.92. The molecule has 33 heavy (non-hydrogen) atoms. The summed E-state index contributed by atoms with van der Waals surface area (Å²) in [5.74, 6) is -1.04. The van der Waals surface area contributed by atoms with Crippen molar-refractivity contribution in [2.45, 2.75) is 24.8 Å². The van der Waals surface area contributed by atoms with E-state index in [1.807, 2.05) is 0 Å². The van der Waals surface area contributed by atoms with Crippen LogP contribution < -0.4 is 20.1 Å². The molecule has 3 aromatic rings. The Kier molecular flexibility index (Phi) is 7.41. The molecule has 0 radical (unpaired) electrons. The molecule has 2 amide bonds. The predicted molar refractivity (Wildman–Crippen MR) is 123 cm³/mol. The molecule has 0 aliphatic rings. The van der Waals surface area contributed by atoms with Crippen molar-refractivity contribution in [3.63, 3.8) is 0 Å². The van der Waals surface area contributed by atoms with E-state index < -0.39 is 27.8 Å². The number of anilines is 2. The fraction of sp³-hybridized carbons (Fsp3) is 0.190. The van der Waals surface area contributed by atoms with Gasteiger partial charge in [0.25, 0.3) is 0 Å². The third-order valence-electron chi connectivity index (χ3n) is 4.39. The van der Waals surface area contributed by atoms with E-state index in [0.717, 1.165) is 11.3 Å². The van der Waals surface area contributed by atoms with Crippen molar-refractivity contribution in [1.29, 1.82) is 0 Å². The topological polar surface area (TPSA) is 126 Å². The molecule has 3 N–H and O–H groups in total. The average molecular weight is 493 g/mol. The number of amides is 2. The van der Waals surface area contributed by atoms with Gasteiger partial charge in [0.1, 0.15) is 11.6 Å². The molecule has 1 atom stereocenters. The number of aromatic nitrogens is 1. The highest BCUT2D eigenvalue weighted by Crippen LogP contribution is 2.28.